The van der Waals surface area contributed by atoms with Crippen LogP contribution in [0.5, 0.6) is 0 Å². The molecule has 0 aliphatic heterocycles. The van der Waals surface area contributed by atoms with E-state index in [1.54, 1.807) is 30.6 Å². The topological polar surface area (TPSA) is 198 Å². The third-order valence-corrected chi connectivity index (χ3v) is 7.35. The van der Waals surface area contributed by atoms with E-state index in [-0.39, 0.29) is 24.5 Å². The quantitative estimate of drug-likeness (QED) is 0.112. The minimum absolute atomic E-state index is 0.162. The summed E-state index contributed by atoms with van der Waals surface area (Å²) in [6.45, 7) is 6.09. The van der Waals surface area contributed by atoms with Gasteiger partial charge in [0.2, 0.25) is 5.95 Å². The molecule has 15 heteroatoms. The van der Waals surface area contributed by atoms with Gasteiger partial charge >= 0.3 is 13.8 Å². The first-order valence-electron chi connectivity index (χ1n) is 14.3. The van der Waals surface area contributed by atoms with E-state index in [0.717, 1.165) is 42.7 Å². The van der Waals surface area contributed by atoms with Crippen molar-refractivity contribution in [2.75, 3.05) is 29.3 Å². The number of rotatable bonds is 12. The number of carbonyl (C=O) groups excluding carboxylic acids is 1. The van der Waals surface area contributed by atoms with Gasteiger partial charge in [0.05, 0.1) is 24.7 Å². The number of imidazole rings is 1. The Kier molecular flexibility index (Phi) is 10.7. The normalized spacial score (nSPS) is 18.8. The lowest BCUT2D eigenvalue weighted by Crippen LogP contribution is -2.40. The number of hydroxylamine groups is 1. The molecule has 14 nitrogen and oxygen atoms in total. The van der Waals surface area contributed by atoms with Crippen molar-refractivity contribution in [3.05, 3.63) is 48.8 Å². The van der Waals surface area contributed by atoms with Crippen molar-refractivity contribution in [3.63, 3.8) is 0 Å². The largest absolute Gasteiger partial charge is 0.527 e. The van der Waals surface area contributed by atoms with Crippen LogP contribution in [0.4, 0.5) is 17.5 Å². The fourth-order valence-electron chi connectivity index (χ4n) is 4.45. The molecule has 3 aromatic rings. The van der Waals surface area contributed by atoms with Gasteiger partial charge in [-0.05, 0) is 50.7 Å². The molecule has 2 aliphatic rings. The van der Waals surface area contributed by atoms with Crippen LogP contribution in [-0.2, 0) is 18.7 Å². The highest BCUT2D eigenvalue weighted by Gasteiger charge is 2.30. The number of aliphatic hydroxyl groups excluding tert-OH is 1. The summed E-state index contributed by atoms with van der Waals surface area (Å²) in [5, 5.41) is 13.9. The zero-order chi connectivity index (χ0) is 31.1. The second kappa shape index (κ2) is 14.3. The van der Waals surface area contributed by atoms with Crippen molar-refractivity contribution in [2.24, 2.45) is 11.8 Å². The SMILES string of the molecule is CC(C)CCON(c1ccccc1)[C@@H](C)C(=O)OP(=O)(O)O.Nc1nc(NC2CC2)c2ncn([C@H]3C=C[C@@H](CO)C3)c2n1. The number of nitrogens with zero attached hydrogens (tertiary/aromatic N) is 5. The summed E-state index contributed by atoms with van der Waals surface area (Å²) in [5.41, 5.74) is 7.95. The van der Waals surface area contributed by atoms with Crippen molar-refractivity contribution in [1.82, 2.24) is 19.5 Å². The molecule has 6 N–H and O–H groups in total. The van der Waals surface area contributed by atoms with Gasteiger partial charge < -0.3 is 25.2 Å². The number of carbonyl (C=O) groups is 1. The Bertz CT molecular complexity index is 1440. The van der Waals surface area contributed by atoms with Gasteiger partial charge in [0, 0.05) is 18.6 Å². The van der Waals surface area contributed by atoms with E-state index in [9.17, 15) is 14.5 Å². The molecular formula is C28H40N7O7P. The minimum Gasteiger partial charge on any atom is -0.396 e. The summed E-state index contributed by atoms with van der Waals surface area (Å²) in [5.74, 6) is 0.555. The van der Waals surface area contributed by atoms with Crippen LogP contribution in [0.2, 0.25) is 0 Å². The number of nitrogens with one attached hydrogen (secondary N) is 1. The average molecular weight is 618 g/mol. The summed E-state index contributed by atoms with van der Waals surface area (Å²) in [6, 6.07) is 8.47. The van der Waals surface area contributed by atoms with Gasteiger partial charge in [0.1, 0.15) is 0 Å². The monoisotopic (exact) mass is 617 g/mol. The molecule has 1 fully saturated rings. The number of fused-ring (bicyclic) bond motifs is 1. The number of phosphoric ester groups is 1. The second-order valence-corrected chi connectivity index (χ2v) is 12.2. The molecule has 2 aliphatic carbocycles. The van der Waals surface area contributed by atoms with Crippen molar-refractivity contribution in [2.45, 2.75) is 64.6 Å². The molecule has 43 heavy (non-hydrogen) atoms. The van der Waals surface area contributed by atoms with E-state index < -0.39 is 19.8 Å². The molecule has 5 rings (SSSR count). The highest BCUT2D eigenvalue weighted by atomic mass is 31.2. The van der Waals surface area contributed by atoms with E-state index in [2.05, 4.69) is 30.9 Å². The number of para-hydroxylation sites is 1. The molecule has 1 saturated carbocycles. The smallest absolute Gasteiger partial charge is 0.396 e. The number of aromatic nitrogens is 4. The van der Waals surface area contributed by atoms with Gasteiger partial charge in [0.25, 0.3) is 0 Å². The molecule has 2 aromatic heterocycles. The Morgan fingerprint density at radius 3 is 2.51 bits per heavy atom. The van der Waals surface area contributed by atoms with E-state index in [1.807, 2.05) is 30.6 Å². The molecule has 0 spiro atoms. The average Bonchev–Trinajstić information content (AvgIpc) is 3.46. The first kappa shape index (κ1) is 32.4. The Labute approximate surface area is 250 Å². The molecule has 1 aromatic carbocycles. The summed E-state index contributed by atoms with van der Waals surface area (Å²) in [7, 11) is -4.88. The van der Waals surface area contributed by atoms with Crippen molar-refractivity contribution in [3.8, 4) is 0 Å². The summed E-state index contributed by atoms with van der Waals surface area (Å²) in [6.07, 6.45) is 9.89. The predicted octanol–water partition coefficient (Wildman–Crippen LogP) is 3.59. The second-order valence-electron chi connectivity index (χ2n) is 11.1. The zero-order valence-corrected chi connectivity index (χ0v) is 25.4. The van der Waals surface area contributed by atoms with Crippen LogP contribution in [0.1, 0.15) is 52.5 Å². The number of allylic oxidation sites excluding steroid dienone is 1. The Hall–Kier alpha value is -3.55. The zero-order valence-electron chi connectivity index (χ0n) is 24.5. The Morgan fingerprint density at radius 1 is 1.19 bits per heavy atom. The molecule has 0 radical (unpaired) electrons. The fourth-order valence-corrected chi connectivity index (χ4v) is 4.84. The Balaban J connectivity index is 0.000000197. The van der Waals surface area contributed by atoms with Gasteiger partial charge in [-0.2, -0.15) is 9.97 Å². The van der Waals surface area contributed by atoms with Crippen molar-refractivity contribution in [1.29, 1.82) is 0 Å². The fraction of sp³-hybridized carbons (Fsp3) is 0.500. The number of benzene rings is 1. The lowest BCUT2D eigenvalue weighted by Gasteiger charge is -2.29. The number of nitrogen functional groups attached to an aromatic ring is 1. The number of hydrogen-bond acceptors (Lipinski definition) is 11. The molecule has 3 atom stereocenters. The maximum atomic E-state index is 11.8. The van der Waals surface area contributed by atoms with Crippen LogP contribution in [0, 0.1) is 11.8 Å². The number of hydrogen-bond donors (Lipinski definition) is 5. The van der Waals surface area contributed by atoms with Crippen LogP contribution < -0.4 is 16.1 Å². The number of nitrogens with two attached hydrogens (primary N) is 1. The molecule has 2 heterocycles. The van der Waals surface area contributed by atoms with Crippen LogP contribution in [0.3, 0.4) is 0 Å². The van der Waals surface area contributed by atoms with Crippen molar-refractivity contribution >= 4 is 42.4 Å². The third kappa shape index (κ3) is 9.22. The molecular weight excluding hydrogens is 577 g/mol. The lowest BCUT2D eigenvalue weighted by molar-refractivity contribution is -0.139. The minimum atomic E-state index is -4.88. The summed E-state index contributed by atoms with van der Waals surface area (Å²) >= 11 is 0. The molecule has 0 amide bonds. The highest BCUT2D eigenvalue weighted by molar-refractivity contribution is 7.46. The first-order chi connectivity index (χ1) is 20.4. The van der Waals surface area contributed by atoms with Crippen LogP contribution in [-0.4, -0.2) is 65.7 Å². The van der Waals surface area contributed by atoms with Gasteiger partial charge in [0.15, 0.2) is 23.0 Å². The molecule has 234 valence electrons. The van der Waals surface area contributed by atoms with Crippen molar-refractivity contribution < 1.29 is 33.6 Å². The van der Waals surface area contributed by atoms with E-state index >= 15 is 0 Å². The maximum Gasteiger partial charge on any atom is 0.527 e. The van der Waals surface area contributed by atoms with E-state index in [1.165, 1.54) is 12.0 Å². The van der Waals surface area contributed by atoms with Crippen LogP contribution in [0.25, 0.3) is 11.2 Å². The van der Waals surface area contributed by atoms with Crippen LogP contribution >= 0.6 is 7.82 Å². The summed E-state index contributed by atoms with van der Waals surface area (Å²) in [4.78, 5) is 48.0. The van der Waals surface area contributed by atoms with E-state index in [0.29, 0.717) is 24.3 Å². The number of phosphoric acid groups is 1. The standard InChI is InChI=1S/C14H18N6O.C14H22NO6P/c15-14-18-12(17-9-2-3-9)11-13(19-14)20(7-16-11)10-4-1-8(5-10)6-21;1-11(2)9-10-20-15(13-7-5-4-6-8-13)12(3)14(16)21-22(17,18)19/h1,4,7-10,21H,2-3,5-6H2,(H3,15,17,18,19);4-8,11-12H,9-10H2,1-3H3,(H2,17,18,19)/t8-,10+;12-/m10/s1. The Morgan fingerprint density at radius 2 is 1.91 bits per heavy atom. The maximum absolute atomic E-state index is 11.8. The lowest BCUT2D eigenvalue weighted by atomic mass is 10.1. The number of anilines is 3. The van der Waals surface area contributed by atoms with Gasteiger partial charge in [-0.1, -0.05) is 44.2 Å². The first-order valence-corrected chi connectivity index (χ1v) is 15.8. The highest BCUT2D eigenvalue weighted by Crippen LogP contribution is 2.37. The number of aliphatic hydroxyl groups is 1. The van der Waals surface area contributed by atoms with E-state index in [4.69, 9.17) is 20.4 Å². The summed E-state index contributed by atoms with van der Waals surface area (Å²) < 4.78 is 16.9. The third-order valence-electron chi connectivity index (χ3n) is 6.94. The van der Waals surface area contributed by atoms with Gasteiger partial charge in [-0.25, -0.2) is 19.4 Å². The van der Waals surface area contributed by atoms with Gasteiger partial charge in [-0.15, -0.1) is 0 Å². The molecule has 0 bridgehead atoms. The molecule has 0 saturated heterocycles. The van der Waals surface area contributed by atoms with Crippen LogP contribution in [0.15, 0.2) is 48.8 Å². The predicted molar refractivity (Wildman–Crippen MR) is 162 cm³/mol. The molecule has 0 unspecified atom stereocenters. The van der Waals surface area contributed by atoms with Gasteiger partial charge in [-0.3, -0.25) is 14.6 Å².